The number of aromatic nitrogens is 5. The van der Waals surface area contributed by atoms with Gasteiger partial charge in [0, 0.05) is 36.3 Å². The number of carboxylic acid groups (broad SMARTS) is 2. The Bertz CT molecular complexity index is 2880. The van der Waals surface area contributed by atoms with Crippen molar-refractivity contribution in [2.45, 2.75) is 25.9 Å². The van der Waals surface area contributed by atoms with Gasteiger partial charge in [-0.1, -0.05) is 29.4 Å². The van der Waals surface area contributed by atoms with Crippen molar-refractivity contribution in [3.05, 3.63) is 154 Å². The Morgan fingerprint density at radius 2 is 1.36 bits per heavy atom. The van der Waals surface area contributed by atoms with Crippen molar-refractivity contribution < 1.29 is 43.3 Å². The van der Waals surface area contributed by atoms with E-state index in [9.17, 15) is 20.0 Å². The standard InChI is InChI=1S/C25H24N6O5.C19H18N4O3.C2H4O2/c1-35-19-12-9-15(13-20(19)36-2)21(28-16-10-7-14(8-11-16)22(26)27)23-29-25(34)31(30-23)18-6-4-3-5-17(18)24(32)33;1-12-21-19(23-26-12)13-4-7-15(8-5-13)22-16(11-20)14-6-9-17(24-2)18(10-14)25-3;1-2(3)4/h3-13,21,28H,1-2H3,(H3,26,27)(H,32,33)(H,29,30,34);4-10,16,22H,1-3H3;1H3,(H,3,4)/t21-;;/m0../s1. The zero-order chi connectivity index (χ0) is 47.9. The number of nitrogens with zero attached hydrogens (tertiary/aromatic N) is 5. The van der Waals surface area contributed by atoms with Gasteiger partial charge in [0.15, 0.2) is 28.8 Å². The van der Waals surface area contributed by atoms with Gasteiger partial charge in [0.1, 0.15) is 17.9 Å². The average Bonchev–Trinajstić information content (AvgIpc) is 3.94. The summed E-state index contributed by atoms with van der Waals surface area (Å²) in [6.07, 6.45) is 0. The number of anilines is 2. The highest BCUT2D eigenvalue weighted by Gasteiger charge is 2.24. The van der Waals surface area contributed by atoms with Crippen molar-refractivity contribution in [3.63, 3.8) is 0 Å². The number of nitrogens with two attached hydrogens (primary N) is 1. The summed E-state index contributed by atoms with van der Waals surface area (Å²) in [6, 6.07) is 32.2. The van der Waals surface area contributed by atoms with Crippen molar-refractivity contribution in [2.24, 2.45) is 5.73 Å². The number of amidine groups is 1. The smallest absolute Gasteiger partial charge is 0.348 e. The van der Waals surface area contributed by atoms with Crippen LogP contribution in [0.25, 0.3) is 17.1 Å². The number of aryl methyl sites for hydroxylation is 1. The van der Waals surface area contributed by atoms with Crippen LogP contribution in [0.15, 0.2) is 119 Å². The van der Waals surface area contributed by atoms with E-state index in [1.807, 2.05) is 30.3 Å². The fourth-order valence-electron chi connectivity index (χ4n) is 6.25. The second kappa shape index (κ2) is 22.3. The van der Waals surface area contributed by atoms with Crippen molar-refractivity contribution in [3.8, 4) is 46.1 Å². The summed E-state index contributed by atoms with van der Waals surface area (Å²) in [4.78, 5) is 40.5. The quantitative estimate of drug-likeness (QED) is 0.0421. The molecule has 0 fully saturated rings. The number of carbonyl (C=O) groups is 2. The van der Waals surface area contributed by atoms with Crippen LogP contribution in [0.4, 0.5) is 11.4 Å². The Morgan fingerprint density at radius 3 is 1.89 bits per heavy atom. The van der Waals surface area contributed by atoms with Crippen molar-refractivity contribution in [1.82, 2.24) is 24.9 Å². The number of ether oxygens (including phenoxy) is 4. The Balaban J connectivity index is 0.000000239. The van der Waals surface area contributed by atoms with Crippen LogP contribution in [0.5, 0.6) is 23.0 Å². The first-order valence-electron chi connectivity index (χ1n) is 19.6. The van der Waals surface area contributed by atoms with Gasteiger partial charge in [-0.2, -0.15) is 14.9 Å². The molecule has 7 rings (SSSR count). The van der Waals surface area contributed by atoms with Crippen molar-refractivity contribution >= 4 is 29.1 Å². The van der Waals surface area contributed by atoms with Gasteiger partial charge in [-0.05, 0) is 96.1 Å². The Morgan fingerprint density at radius 1 is 0.818 bits per heavy atom. The lowest BCUT2D eigenvalue weighted by molar-refractivity contribution is -0.134. The molecule has 20 nitrogen and oxygen atoms in total. The number of aromatic amines is 1. The number of para-hydroxylation sites is 1. The SMILES string of the molecule is CC(=O)O.COc1ccc(C(C#N)Nc2ccc(-c3noc(C)n3)cc2)cc1OC.COc1ccc([C@H](Nc2ccc(C(=N)N)cc2)c2nn(-c3ccccc3C(=O)O)c(=O)[nH]2)cc1OC. The first kappa shape index (κ1) is 47.9. The highest BCUT2D eigenvalue weighted by atomic mass is 16.5. The van der Waals surface area contributed by atoms with Gasteiger partial charge in [-0.15, -0.1) is 5.10 Å². The molecule has 66 heavy (non-hydrogen) atoms. The predicted molar refractivity (Wildman–Crippen MR) is 243 cm³/mol. The first-order valence-corrected chi connectivity index (χ1v) is 19.6. The number of nitrogen functional groups attached to an aromatic ring is 1. The third-order valence-corrected chi connectivity index (χ3v) is 9.37. The molecule has 0 bridgehead atoms. The van der Waals surface area contributed by atoms with Gasteiger partial charge in [0.05, 0.1) is 45.8 Å². The lowest BCUT2D eigenvalue weighted by atomic mass is 10.0. The molecule has 0 spiro atoms. The molecule has 0 aliphatic rings. The van der Waals surface area contributed by atoms with Gasteiger partial charge in [-0.3, -0.25) is 15.2 Å². The minimum absolute atomic E-state index is 0.0573. The zero-order valence-electron chi connectivity index (χ0n) is 36.5. The molecule has 2 heterocycles. The number of aromatic carboxylic acids is 1. The second-order valence-electron chi connectivity index (χ2n) is 13.8. The van der Waals surface area contributed by atoms with Gasteiger partial charge >= 0.3 is 11.7 Å². The van der Waals surface area contributed by atoms with E-state index < -0.39 is 29.7 Å². The molecule has 340 valence electrons. The summed E-state index contributed by atoms with van der Waals surface area (Å²) in [6.45, 7) is 2.83. The topological polar surface area (TPSA) is 299 Å². The average molecular weight is 899 g/mol. The molecule has 1 unspecified atom stereocenters. The van der Waals surface area contributed by atoms with E-state index in [0.717, 1.165) is 28.4 Å². The predicted octanol–water partition coefficient (Wildman–Crippen LogP) is 6.59. The summed E-state index contributed by atoms with van der Waals surface area (Å²) in [7, 11) is 6.19. The summed E-state index contributed by atoms with van der Waals surface area (Å²) in [5, 5.41) is 49.0. The number of hydrogen-bond donors (Lipinski definition) is 7. The van der Waals surface area contributed by atoms with Crippen LogP contribution in [0.2, 0.25) is 0 Å². The minimum Gasteiger partial charge on any atom is -0.493 e. The van der Waals surface area contributed by atoms with Crippen LogP contribution in [0.1, 0.15) is 57.8 Å². The van der Waals surface area contributed by atoms with Crippen LogP contribution >= 0.6 is 0 Å². The van der Waals surface area contributed by atoms with Crippen LogP contribution in [-0.2, 0) is 4.79 Å². The summed E-state index contributed by atoms with van der Waals surface area (Å²) < 4.78 is 27.3. The third-order valence-electron chi connectivity index (χ3n) is 9.37. The van der Waals surface area contributed by atoms with Crippen molar-refractivity contribution in [1.29, 1.82) is 10.7 Å². The van der Waals surface area contributed by atoms with Crippen LogP contribution in [0, 0.1) is 23.7 Å². The lowest BCUT2D eigenvalue weighted by Crippen LogP contribution is -2.18. The molecule has 0 radical (unpaired) electrons. The van der Waals surface area contributed by atoms with Gasteiger partial charge in [-0.25, -0.2) is 9.59 Å². The number of carboxylic acids is 2. The maximum atomic E-state index is 12.9. The van der Waals surface area contributed by atoms with Crippen LogP contribution in [0.3, 0.4) is 0 Å². The number of nitrogens with one attached hydrogen (secondary N) is 4. The summed E-state index contributed by atoms with van der Waals surface area (Å²) >= 11 is 0. The highest BCUT2D eigenvalue weighted by molar-refractivity contribution is 5.95. The van der Waals surface area contributed by atoms with Gasteiger partial charge in [0.25, 0.3) is 5.97 Å². The fourth-order valence-corrected chi connectivity index (χ4v) is 6.25. The molecule has 2 aromatic heterocycles. The van der Waals surface area contributed by atoms with Crippen molar-refractivity contribution in [2.75, 3.05) is 39.1 Å². The van der Waals surface area contributed by atoms with E-state index in [2.05, 4.69) is 36.9 Å². The normalized spacial score (nSPS) is 11.2. The van der Waals surface area contributed by atoms with E-state index >= 15 is 0 Å². The van der Waals surface area contributed by atoms with Crippen LogP contribution < -0.4 is 41.0 Å². The highest BCUT2D eigenvalue weighted by Crippen LogP contribution is 2.34. The largest absolute Gasteiger partial charge is 0.493 e. The molecule has 7 aromatic rings. The number of methoxy groups -OCH3 is 4. The molecule has 2 atom stereocenters. The molecule has 5 aromatic carbocycles. The fraction of sp³-hybridized carbons (Fsp3) is 0.174. The zero-order valence-corrected chi connectivity index (χ0v) is 36.5. The number of hydrogen-bond acceptors (Lipinski definition) is 15. The molecular formula is C46H46N10O10. The maximum absolute atomic E-state index is 12.9. The van der Waals surface area contributed by atoms with Gasteiger partial charge < -0.3 is 50.1 Å². The van der Waals surface area contributed by atoms with E-state index in [-0.39, 0.29) is 22.9 Å². The summed E-state index contributed by atoms with van der Waals surface area (Å²) in [5.74, 6) is 1.42. The number of nitriles is 1. The van der Waals surface area contributed by atoms with Crippen LogP contribution in [-0.4, -0.2) is 81.3 Å². The number of H-pyrrole nitrogens is 1. The third kappa shape index (κ3) is 12.1. The molecule has 0 aliphatic carbocycles. The molecule has 8 N–H and O–H groups in total. The number of rotatable bonds is 15. The molecule has 0 saturated heterocycles. The Labute approximate surface area is 377 Å². The molecule has 0 amide bonds. The van der Waals surface area contributed by atoms with E-state index in [1.54, 1.807) is 87.9 Å². The summed E-state index contributed by atoms with van der Waals surface area (Å²) in [5.41, 5.74) is 9.37. The van der Waals surface area contributed by atoms with E-state index in [1.165, 1.54) is 26.4 Å². The van der Waals surface area contributed by atoms with E-state index in [0.29, 0.717) is 51.5 Å². The molecule has 20 heteroatoms. The number of benzene rings is 5. The molecular weight excluding hydrogens is 853 g/mol. The Kier molecular flexibility index (Phi) is 16.2. The maximum Gasteiger partial charge on any atom is 0.348 e. The second-order valence-corrected chi connectivity index (χ2v) is 13.8. The van der Waals surface area contributed by atoms with E-state index in [4.69, 9.17) is 44.5 Å². The van der Waals surface area contributed by atoms with Gasteiger partial charge in [0.2, 0.25) is 11.7 Å². The lowest BCUT2D eigenvalue weighted by Gasteiger charge is -2.20. The minimum atomic E-state index is -1.18. The molecule has 0 saturated carbocycles. The molecule has 0 aliphatic heterocycles. The first-order chi connectivity index (χ1) is 31.7. The Hall–Kier alpha value is -9.12. The monoisotopic (exact) mass is 898 g/mol. The number of aliphatic carboxylic acids is 1.